The second kappa shape index (κ2) is 8.88. The van der Waals surface area contributed by atoms with Gasteiger partial charge >= 0.3 is 0 Å². The minimum Gasteiger partial charge on any atom is -0.309 e. The second-order valence-corrected chi connectivity index (χ2v) is 7.83. The largest absolute Gasteiger partial charge is 0.309 e. The Hall–Kier alpha value is -3.18. The Morgan fingerprint density at radius 3 is 2.10 bits per heavy atom. The van der Waals surface area contributed by atoms with Crippen molar-refractivity contribution in [1.29, 1.82) is 0 Å². The highest BCUT2D eigenvalue weighted by Crippen LogP contribution is 2.37. The number of Topliss-reactive ketones (excluding diaryl/α,β-unsaturated/α-hetero) is 1. The summed E-state index contributed by atoms with van der Waals surface area (Å²) in [5.74, 6) is 0.937. The van der Waals surface area contributed by atoms with Crippen LogP contribution in [0.4, 0.5) is 0 Å². The summed E-state index contributed by atoms with van der Waals surface area (Å²) in [4.78, 5) is 13.3. The van der Waals surface area contributed by atoms with Gasteiger partial charge in [0.1, 0.15) is 11.1 Å². The van der Waals surface area contributed by atoms with Crippen molar-refractivity contribution >= 4 is 17.5 Å². The van der Waals surface area contributed by atoms with Gasteiger partial charge in [-0.15, -0.1) is 10.2 Å². The van der Waals surface area contributed by atoms with Gasteiger partial charge in [0.15, 0.2) is 10.9 Å². The third-order valence-electron chi connectivity index (χ3n) is 4.75. The first kappa shape index (κ1) is 19.2. The van der Waals surface area contributed by atoms with Gasteiger partial charge in [-0.3, -0.25) is 4.79 Å². The Balaban J connectivity index is 1.62. The van der Waals surface area contributed by atoms with Gasteiger partial charge in [0, 0.05) is 19.0 Å². The van der Waals surface area contributed by atoms with Crippen LogP contribution in [0.25, 0.3) is 0 Å². The molecule has 0 aliphatic heterocycles. The number of hydrogen-bond donors (Lipinski definition) is 0. The van der Waals surface area contributed by atoms with Crippen molar-refractivity contribution in [1.82, 2.24) is 14.8 Å². The number of nitrogens with zero attached hydrogens (tertiary/aromatic N) is 3. The van der Waals surface area contributed by atoms with Gasteiger partial charge in [-0.05, 0) is 11.1 Å². The van der Waals surface area contributed by atoms with Crippen LogP contribution in [0.15, 0.2) is 96.2 Å². The van der Waals surface area contributed by atoms with E-state index in [9.17, 15) is 4.79 Å². The van der Waals surface area contributed by atoms with E-state index in [0.29, 0.717) is 12.0 Å². The van der Waals surface area contributed by atoms with Crippen molar-refractivity contribution < 1.29 is 4.79 Å². The maximum absolute atomic E-state index is 13.3. The van der Waals surface area contributed by atoms with Crippen LogP contribution in [0, 0.1) is 0 Å². The van der Waals surface area contributed by atoms with E-state index in [2.05, 4.69) is 22.3 Å². The lowest BCUT2D eigenvalue weighted by molar-refractivity contribution is 0.0989. The zero-order valence-corrected chi connectivity index (χ0v) is 16.9. The molecule has 0 spiro atoms. The fourth-order valence-electron chi connectivity index (χ4n) is 3.14. The first-order chi connectivity index (χ1) is 14.2. The summed E-state index contributed by atoms with van der Waals surface area (Å²) in [6, 6.07) is 29.4. The third kappa shape index (κ3) is 4.46. The van der Waals surface area contributed by atoms with Crippen molar-refractivity contribution in [3.63, 3.8) is 0 Å². The van der Waals surface area contributed by atoms with Crippen molar-refractivity contribution in [2.24, 2.45) is 7.05 Å². The molecule has 4 rings (SSSR count). The summed E-state index contributed by atoms with van der Waals surface area (Å²) in [7, 11) is 1.95. The Labute approximate surface area is 174 Å². The molecule has 1 heterocycles. The topological polar surface area (TPSA) is 47.8 Å². The smallest absolute Gasteiger partial charge is 0.192 e. The van der Waals surface area contributed by atoms with Crippen LogP contribution in [0.1, 0.15) is 32.6 Å². The number of thioether (sulfide) groups is 1. The van der Waals surface area contributed by atoms with Crippen LogP contribution >= 0.6 is 11.8 Å². The predicted octanol–water partition coefficient (Wildman–Crippen LogP) is 5.12. The van der Waals surface area contributed by atoms with E-state index in [1.54, 1.807) is 0 Å². The number of aromatic nitrogens is 3. The van der Waals surface area contributed by atoms with Gasteiger partial charge in [0.2, 0.25) is 0 Å². The summed E-state index contributed by atoms with van der Waals surface area (Å²) in [6.07, 6.45) is 0.702. The maximum Gasteiger partial charge on any atom is 0.192 e. The summed E-state index contributed by atoms with van der Waals surface area (Å²) in [5, 5.41) is 9.09. The number of hydrogen-bond acceptors (Lipinski definition) is 4. The first-order valence-electron chi connectivity index (χ1n) is 9.45. The quantitative estimate of drug-likeness (QED) is 0.320. The highest BCUT2D eigenvalue weighted by atomic mass is 32.2. The van der Waals surface area contributed by atoms with Gasteiger partial charge in [-0.25, -0.2) is 0 Å². The minimum atomic E-state index is -0.383. The van der Waals surface area contributed by atoms with E-state index in [0.717, 1.165) is 16.5 Å². The van der Waals surface area contributed by atoms with Gasteiger partial charge < -0.3 is 4.57 Å². The molecule has 0 N–H and O–H groups in total. The SMILES string of the molecule is Cn1c(Cc2ccccc2)nnc1S[C@@H](C(=O)c1ccccc1)c1ccccc1. The van der Waals surface area contributed by atoms with E-state index in [-0.39, 0.29) is 11.0 Å². The molecule has 0 saturated carbocycles. The lowest BCUT2D eigenvalue weighted by Crippen LogP contribution is -2.11. The molecule has 4 aromatic rings. The summed E-state index contributed by atoms with van der Waals surface area (Å²) in [6.45, 7) is 0. The molecule has 144 valence electrons. The van der Waals surface area contributed by atoms with Crippen LogP contribution in [0.5, 0.6) is 0 Å². The van der Waals surface area contributed by atoms with Gasteiger partial charge in [-0.2, -0.15) is 0 Å². The molecule has 0 fully saturated rings. The highest BCUT2D eigenvalue weighted by Gasteiger charge is 2.25. The second-order valence-electron chi connectivity index (χ2n) is 6.76. The van der Waals surface area contributed by atoms with Crippen LogP contribution in [-0.2, 0) is 13.5 Å². The Kier molecular flexibility index (Phi) is 5.86. The predicted molar refractivity (Wildman–Crippen MR) is 116 cm³/mol. The van der Waals surface area contributed by atoms with Crippen molar-refractivity contribution in [2.75, 3.05) is 0 Å². The molecule has 5 heteroatoms. The molecule has 0 aliphatic rings. The molecular weight excluding hydrogens is 378 g/mol. The standard InChI is InChI=1S/C24H21N3OS/c1-27-21(17-18-11-5-2-6-12-18)25-26-24(27)29-23(20-15-9-4-10-16-20)22(28)19-13-7-3-8-14-19/h2-16,23H,17H2,1H3/t23-/m1/s1. The van der Waals surface area contributed by atoms with Crippen LogP contribution in [-0.4, -0.2) is 20.5 Å². The lowest BCUT2D eigenvalue weighted by atomic mass is 10.0. The highest BCUT2D eigenvalue weighted by molar-refractivity contribution is 8.00. The molecule has 3 aromatic carbocycles. The van der Waals surface area contributed by atoms with Crippen LogP contribution in [0.2, 0.25) is 0 Å². The molecule has 4 nitrogen and oxygen atoms in total. The number of benzene rings is 3. The molecule has 0 bridgehead atoms. The van der Waals surface area contributed by atoms with Gasteiger partial charge in [0.25, 0.3) is 0 Å². The van der Waals surface area contributed by atoms with E-state index in [1.165, 1.54) is 17.3 Å². The molecule has 1 aromatic heterocycles. The van der Waals surface area contributed by atoms with Crippen molar-refractivity contribution in [2.45, 2.75) is 16.8 Å². The third-order valence-corrected chi connectivity index (χ3v) is 6.04. The number of carbonyl (C=O) groups is 1. The number of rotatable bonds is 7. The monoisotopic (exact) mass is 399 g/mol. The van der Waals surface area contributed by atoms with Crippen molar-refractivity contribution in [3.05, 3.63) is 114 Å². The molecule has 29 heavy (non-hydrogen) atoms. The average Bonchev–Trinajstić information content (AvgIpc) is 3.12. The summed E-state index contributed by atoms with van der Waals surface area (Å²) < 4.78 is 1.98. The number of carbonyl (C=O) groups excluding carboxylic acids is 1. The summed E-state index contributed by atoms with van der Waals surface area (Å²) in [5.41, 5.74) is 2.83. The van der Waals surface area contributed by atoms with Crippen LogP contribution in [0.3, 0.4) is 0 Å². The normalized spacial score (nSPS) is 11.9. The minimum absolute atomic E-state index is 0.0643. The van der Waals surface area contributed by atoms with Gasteiger partial charge in [-0.1, -0.05) is 103 Å². The first-order valence-corrected chi connectivity index (χ1v) is 10.3. The molecule has 0 aliphatic carbocycles. The molecular formula is C24H21N3OS. The molecule has 0 unspecified atom stereocenters. The molecule has 0 radical (unpaired) electrons. The zero-order chi connectivity index (χ0) is 20.1. The fourth-order valence-corrected chi connectivity index (χ4v) is 4.24. The molecule has 0 saturated heterocycles. The van der Waals surface area contributed by atoms with E-state index in [1.807, 2.05) is 90.5 Å². The van der Waals surface area contributed by atoms with Gasteiger partial charge in [0.05, 0.1) is 0 Å². The summed E-state index contributed by atoms with van der Waals surface area (Å²) >= 11 is 1.44. The average molecular weight is 400 g/mol. The maximum atomic E-state index is 13.3. The zero-order valence-electron chi connectivity index (χ0n) is 16.1. The fraction of sp³-hybridized carbons (Fsp3) is 0.125. The molecule has 1 atom stereocenters. The van der Waals surface area contributed by atoms with E-state index >= 15 is 0 Å². The Morgan fingerprint density at radius 1 is 0.862 bits per heavy atom. The number of ketones is 1. The van der Waals surface area contributed by atoms with Crippen molar-refractivity contribution in [3.8, 4) is 0 Å². The Bertz CT molecular complexity index is 1080. The van der Waals surface area contributed by atoms with E-state index < -0.39 is 0 Å². The Morgan fingerprint density at radius 2 is 1.45 bits per heavy atom. The van der Waals surface area contributed by atoms with E-state index in [4.69, 9.17) is 0 Å². The lowest BCUT2D eigenvalue weighted by Gasteiger charge is -2.15. The van der Waals surface area contributed by atoms with Crippen LogP contribution < -0.4 is 0 Å². The molecule has 0 amide bonds.